The zero-order chi connectivity index (χ0) is 15.2. The maximum absolute atomic E-state index is 12.7. The van der Waals surface area contributed by atoms with E-state index in [0.29, 0.717) is 0 Å². The van der Waals surface area contributed by atoms with E-state index in [1.165, 1.54) is 19.2 Å². The van der Waals surface area contributed by atoms with Gasteiger partial charge in [0.25, 0.3) is 5.56 Å². The highest BCUT2D eigenvalue weighted by Crippen LogP contribution is 2.33. The van der Waals surface area contributed by atoms with E-state index in [4.69, 9.17) is 0 Å². The minimum atomic E-state index is -4.44. The second-order valence-electron chi connectivity index (χ2n) is 4.31. The van der Waals surface area contributed by atoms with Gasteiger partial charge in [-0.25, -0.2) is 4.68 Å². The maximum atomic E-state index is 12.7. The molecule has 3 aromatic rings. The normalized spacial score (nSPS) is 12.0. The Balaban J connectivity index is 2.22. The van der Waals surface area contributed by atoms with Crippen LogP contribution in [-0.2, 0) is 13.2 Å². The van der Waals surface area contributed by atoms with Crippen LogP contribution in [0.5, 0.6) is 0 Å². The van der Waals surface area contributed by atoms with Crippen molar-refractivity contribution in [2.24, 2.45) is 7.05 Å². The number of aryl methyl sites for hydroxylation is 1. The van der Waals surface area contributed by atoms with Crippen molar-refractivity contribution in [3.05, 3.63) is 40.2 Å². The van der Waals surface area contributed by atoms with Gasteiger partial charge in [0, 0.05) is 12.6 Å². The predicted molar refractivity (Wildman–Crippen MR) is 70.9 cm³/mol. The Morgan fingerprint density at radius 1 is 1.29 bits per heavy atom. The van der Waals surface area contributed by atoms with E-state index in [1.54, 1.807) is 0 Å². The lowest BCUT2D eigenvalue weighted by molar-refractivity contribution is -0.137. The molecule has 2 aromatic heterocycles. The number of hydrogen-bond donors (Lipinski definition) is 0. The molecular weight excluding hydrogens is 305 g/mol. The van der Waals surface area contributed by atoms with E-state index in [9.17, 15) is 18.0 Å². The Hall–Kier alpha value is -2.29. The highest BCUT2D eigenvalue weighted by atomic mass is 32.1. The molecule has 0 radical (unpaired) electrons. The van der Waals surface area contributed by atoms with E-state index < -0.39 is 11.7 Å². The third-order valence-electron chi connectivity index (χ3n) is 2.90. The summed E-state index contributed by atoms with van der Waals surface area (Å²) >= 11 is 0.896. The summed E-state index contributed by atoms with van der Waals surface area (Å²) in [5, 5.41) is 7.48. The molecular formula is C12H7F3N4OS. The van der Waals surface area contributed by atoms with Crippen LogP contribution in [0.1, 0.15) is 5.56 Å². The molecule has 0 saturated heterocycles. The summed E-state index contributed by atoms with van der Waals surface area (Å²) in [5.74, 6) is 0. The number of alkyl halides is 3. The number of aromatic nitrogens is 4. The first-order valence-electron chi connectivity index (χ1n) is 5.75. The summed E-state index contributed by atoms with van der Waals surface area (Å²) in [6.07, 6.45) is -4.44. The lowest BCUT2D eigenvalue weighted by Gasteiger charge is -2.07. The lowest BCUT2D eigenvalue weighted by atomic mass is 10.1. The Bertz CT molecular complexity index is 884. The molecule has 0 bridgehead atoms. The molecule has 9 heteroatoms. The van der Waals surface area contributed by atoms with Gasteiger partial charge in [0.2, 0.25) is 0 Å². The van der Waals surface area contributed by atoms with Crippen molar-refractivity contribution in [1.82, 2.24) is 19.4 Å². The largest absolute Gasteiger partial charge is 0.416 e. The molecule has 0 aliphatic heterocycles. The Labute approximate surface area is 119 Å². The zero-order valence-electron chi connectivity index (χ0n) is 10.5. The van der Waals surface area contributed by atoms with Crippen molar-refractivity contribution in [3.63, 3.8) is 0 Å². The second kappa shape index (κ2) is 4.62. The molecule has 5 nitrogen and oxygen atoms in total. The minimum Gasteiger partial charge on any atom is -0.266 e. The molecule has 3 rings (SSSR count). The lowest BCUT2D eigenvalue weighted by Crippen LogP contribution is -2.19. The third kappa shape index (κ3) is 2.29. The molecule has 0 fully saturated rings. The number of benzene rings is 1. The summed E-state index contributed by atoms with van der Waals surface area (Å²) in [4.78, 5) is 11.8. The first kappa shape index (κ1) is 13.7. The summed E-state index contributed by atoms with van der Waals surface area (Å²) in [5.41, 5.74) is -0.471. The van der Waals surface area contributed by atoms with Crippen LogP contribution in [0.3, 0.4) is 0 Å². The predicted octanol–water partition coefficient (Wildman–Crippen LogP) is 2.47. The smallest absolute Gasteiger partial charge is 0.266 e. The number of nitrogens with zero attached hydrogens (tertiary/aromatic N) is 4. The molecule has 0 unspecified atom stereocenters. The van der Waals surface area contributed by atoms with Gasteiger partial charge in [0.05, 0.1) is 5.56 Å². The van der Waals surface area contributed by atoms with Crippen molar-refractivity contribution < 1.29 is 13.2 Å². The average molecular weight is 312 g/mol. The fourth-order valence-electron chi connectivity index (χ4n) is 1.85. The average Bonchev–Trinajstić information content (AvgIpc) is 2.87. The monoisotopic (exact) mass is 312 g/mol. The molecule has 2 heterocycles. The van der Waals surface area contributed by atoms with Gasteiger partial charge in [-0.2, -0.15) is 17.5 Å². The van der Waals surface area contributed by atoms with E-state index in [-0.39, 0.29) is 27.0 Å². The SMILES string of the molecule is Cn1nnc2c(-c3cccc(C(F)(F)F)c3)nsc2c1=O. The van der Waals surface area contributed by atoms with Gasteiger partial charge in [0.1, 0.15) is 15.9 Å². The first-order chi connectivity index (χ1) is 9.88. The zero-order valence-corrected chi connectivity index (χ0v) is 11.4. The third-order valence-corrected chi connectivity index (χ3v) is 3.72. The van der Waals surface area contributed by atoms with Crippen LogP contribution in [0.2, 0.25) is 0 Å². The summed E-state index contributed by atoms with van der Waals surface area (Å²) < 4.78 is 43.6. The fraction of sp³-hybridized carbons (Fsp3) is 0.167. The summed E-state index contributed by atoms with van der Waals surface area (Å²) in [6.45, 7) is 0. The van der Waals surface area contributed by atoms with Crippen LogP contribution >= 0.6 is 11.5 Å². The number of hydrogen-bond acceptors (Lipinski definition) is 5. The number of rotatable bonds is 1. The van der Waals surface area contributed by atoms with E-state index in [2.05, 4.69) is 14.7 Å². The standard InChI is InChI=1S/C12H7F3N4OS/c1-19-11(20)10-9(16-18-19)8(17-21-10)6-3-2-4-7(5-6)12(13,14)15/h2-5H,1H3. The number of halogens is 3. The maximum Gasteiger partial charge on any atom is 0.416 e. The van der Waals surface area contributed by atoms with Gasteiger partial charge in [-0.15, -0.1) is 5.10 Å². The highest BCUT2D eigenvalue weighted by Gasteiger charge is 2.30. The van der Waals surface area contributed by atoms with Crippen LogP contribution in [0.4, 0.5) is 13.2 Å². The van der Waals surface area contributed by atoms with E-state index >= 15 is 0 Å². The van der Waals surface area contributed by atoms with Gasteiger partial charge in [-0.1, -0.05) is 17.3 Å². The van der Waals surface area contributed by atoms with Crippen LogP contribution in [0.25, 0.3) is 21.5 Å². The number of fused-ring (bicyclic) bond motifs is 1. The Morgan fingerprint density at radius 2 is 2.05 bits per heavy atom. The van der Waals surface area contributed by atoms with Crippen molar-refractivity contribution in [2.45, 2.75) is 6.18 Å². The molecule has 108 valence electrons. The quantitative estimate of drug-likeness (QED) is 0.692. The second-order valence-corrected chi connectivity index (χ2v) is 5.08. The molecule has 0 aliphatic carbocycles. The topological polar surface area (TPSA) is 60.7 Å². The molecule has 21 heavy (non-hydrogen) atoms. The molecule has 0 atom stereocenters. The van der Waals surface area contributed by atoms with Gasteiger partial charge >= 0.3 is 6.18 Å². The van der Waals surface area contributed by atoms with Crippen molar-refractivity contribution in [3.8, 4) is 11.3 Å². The van der Waals surface area contributed by atoms with Gasteiger partial charge in [0.15, 0.2) is 0 Å². The van der Waals surface area contributed by atoms with E-state index in [1.807, 2.05) is 0 Å². The van der Waals surface area contributed by atoms with Gasteiger partial charge in [-0.3, -0.25) is 4.79 Å². The highest BCUT2D eigenvalue weighted by molar-refractivity contribution is 7.13. The van der Waals surface area contributed by atoms with Crippen LogP contribution in [-0.4, -0.2) is 19.4 Å². The van der Waals surface area contributed by atoms with Crippen LogP contribution < -0.4 is 5.56 Å². The van der Waals surface area contributed by atoms with Crippen LogP contribution in [0, 0.1) is 0 Å². The molecule has 0 aliphatic rings. The first-order valence-corrected chi connectivity index (χ1v) is 6.52. The molecule has 0 spiro atoms. The van der Waals surface area contributed by atoms with Gasteiger partial charge in [-0.05, 0) is 23.7 Å². The van der Waals surface area contributed by atoms with Crippen LogP contribution in [0.15, 0.2) is 29.1 Å². The van der Waals surface area contributed by atoms with Crippen molar-refractivity contribution in [1.29, 1.82) is 0 Å². The molecule has 0 saturated carbocycles. The minimum absolute atomic E-state index is 0.211. The Morgan fingerprint density at radius 3 is 2.76 bits per heavy atom. The Kier molecular flexibility index (Phi) is 3.01. The molecule has 0 amide bonds. The molecule has 1 aromatic carbocycles. The van der Waals surface area contributed by atoms with Crippen molar-refractivity contribution in [2.75, 3.05) is 0 Å². The van der Waals surface area contributed by atoms with Crippen molar-refractivity contribution >= 4 is 21.7 Å². The molecule has 0 N–H and O–H groups in total. The summed E-state index contributed by atoms with van der Waals surface area (Å²) in [7, 11) is 1.44. The summed E-state index contributed by atoms with van der Waals surface area (Å²) in [6, 6.07) is 4.73. The van der Waals surface area contributed by atoms with Gasteiger partial charge < -0.3 is 0 Å². The van der Waals surface area contributed by atoms with E-state index in [0.717, 1.165) is 28.3 Å². The fourth-order valence-corrected chi connectivity index (χ4v) is 2.66.